The molecular formula is C20H17N3O3. The number of nitrogens with zero attached hydrogens (tertiary/aromatic N) is 1. The Bertz CT molecular complexity index is 1010. The van der Waals surface area contributed by atoms with Gasteiger partial charge in [-0.15, -0.1) is 0 Å². The second kappa shape index (κ2) is 7.53. The van der Waals surface area contributed by atoms with E-state index in [1.54, 1.807) is 31.4 Å². The molecule has 3 rings (SSSR count). The number of nitriles is 1. The maximum atomic E-state index is 11.8. The Morgan fingerprint density at radius 1 is 0.962 bits per heavy atom. The summed E-state index contributed by atoms with van der Waals surface area (Å²) in [5.41, 5.74) is 1.77. The van der Waals surface area contributed by atoms with Gasteiger partial charge >= 0.3 is 0 Å². The molecule has 0 aliphatic heterocycles. The van der Waals surface area contributed by atoms with Crippen LogP contribution in [0.2, 0.25) is 0 Å². The minimum absolute atomic E-state index is 0.259. The first kappa shape index (κ1) is 17.2. The molecule has 26 heavy (non-hydrogen) atoms. The SMILES string of the molecule is COc1ccc(CCNc2c(Nc3ccc(C#N)cc3)c(=O)c2=O)cc1. The van der Waals surface area contributed by atoms with Crippen LogP contribution in [0.25, 0.3) is 0 Å². The van der Waals surface area contributed by atoms with Crippen LogP contribution in [0, 0.1) is 11.3 Å². The highest BCUT2D eigenvalue weighted by atomic mass is 16.5. The summed E-state index contributed by atoms with van der Waals surface area (Å²) in [6.45, 7) is 0.527. The van der Waals surface area contributed by atoms with Crippen molar-refractivity contribution in [3.8, 4) is 11.8 Å². The van der Waals surface area contributed by atoms with Crippen molar-refractivity contribution in [2.45, 2.75) is 6.42 Å². The Morgan fingerprint density at radius 2 is 1.62 bits per heavy atom. The second-order valence-electron chi connectivity index (χ2n) is 5.75. The van der Waals surface area contributed by atoms with E-state index in [4.69, 9.17) is 10.00 Å². The molecule has 0 fully saturated rings. The number of anilines is 3. The minimum atomic E-state index is -0.540. The molecule has 0 spiro atoms. The van der Waals surface area contributed by atoms with Crippen molar-refractivity contribution in [3.63, 3.8) is 0 Å². The van der Waals surface area contributed by atoms with Crippen LogP contribution in [0.3, 0.4) is 0 Å². The fourth-order valence-corrected chi connectivity index (χ4v) is 2.58. The molecule has 6 nitrogen and oxygen atoms in total. The number of nitrogens with one attached hydrogen (secondary N) is 2. The summed E-state index contributed by atoms with van der Waals surface area (Å²) < 4.78 is 5.12. The summed E-state index contributed by atoms with van der Waals surface area (Å²) in [6, 6.07) is 16.4. The van der Waals surface area contributed by atoms with E-state index in [2.05, 4.69) is 10.6 Å². The lowest BCUT2D eigenvalue weighted by molar-refractivity contribution is 0.414. The third-order valence-electron chi connectivity index (χ3n) is 4.07. The molecular weight excluding hydrogens is 330 g/mol. The number of benzene rings is 2. The summed E-state index contributed by atoms with van der Waals surface area (Å²) in [6.07, 6.45) is 0.707. The van der Waals surface area contributed by atoms with Gasteiger partial charge in [-0.05, 0) is 48.4 Å². The van der Waals surface area contributed by atoms with Crippen LogP contribution in [-0.2, 0) is 6.42 Å². The van der Waals surface area contributed by atoms with Gasteiger partial charge in [-0.25, -0.2) is 0 Å². The first-order chi connectivity index (χ1) is 12.6. The lowest BCUT2D eigenvalue weighted by Gasteiger charge is -2.15. The summed E-state index contributed by atoms with van der Waals surface area (Å²) in [5.74, 6) is 0.790. The predicted octanol–water partition coefficient (Wildman–Crippen LogP) is 2.56. The third-order valence-corrected chi connectivity index (χ3v) is 4.07. The lowest BCUT2D eigenvalue weighted by atomic mass is 10.1. The summed E-state index contributed by atoms with van der Waals surface area (Å²) in [5, 5.41) is 14.8. The van der Waals surface area contributed by atoms with Crippen LogP contribution in [0.1, 0.15) is 11.1 Å². The Hall–Kier alpha value is -3.59. The van der Waals surface area contributed by atoms with Crippen molar-refractivity contribution < 1.29 is 4.74 Å². The molecule has 3 aromatic rings. The third kappa shape index (κ3) is 3.57. The number of hydrogen-bond donors (Lipinski definition) is 2. The van der Waals surface area contributed by atoms with Crippen LogP contribution in [0.15, 0.2) is 58.1 Å². The molecule has 2 N–H and O–H groups in total. The quantitative estimate of drug-likeness (QED) is 0.638. The summed E-state index contributed by atoms with van der Waals surface area (Å²) in [7, 11) is 1.62. The van der Waals surface area contributed by atoms with Gasteiger partial charge in [-0.3, -0.25) is 9.59 Å². The van der Waals surface area contributed by atoms with Crippen molar-refractivity contribution in [1.29, 1.82) is 5.26 Å². The van der Waals surface area contributed by atoms with E-state index in [1.807, 2.05) is 30.3 Å². The van der Waals surface area contributed by atoms with Gasteiger partial charge in [0, 0.05) is 12.2 Å². The first-order valence-electron chi connectivity index (χ1n) is 8.09. The Morgan fingerprint density at radius 3 is 2.23 bits per heavy atom. The molecule has 0 unspecified atom stereocenters. The zero-order valence-corrected chi connectivity index (χ0v) is 14.2. The lowest BCUT2D eigenvalue weighted by Crippen LogP contribution is -2.37. The first-order valence-corrected chi connectivity index (χ1v) is 8.09. The van der Waals surface area contributed by atoms with Gasteiger partial charge in [0.2, 0.25) is 0 Å². The predicted molar refractivity (Wildman–Crippen MR) is 101 cm³/mol. The molecule has 0 atom stereocenters. The number of rotatable bonds is 7. The maximum absolute atomic E-state index is 11.8. The highest BCUT2D eigenvalue weighted by molar-refractivity contribution is 5.78. The minimum Gasteiger partial charge on any atom is -0.497 e. The van der Waals surface area contributed by atoms with Crippen molar-refractivity contribution in [2.75, 3.05) is 24.3 Å². The van der Waals surface area contributed by atoms with E-state index in [9.17, 15) is 9.59 Å². The number of ether oxygens (including phenoxy) is 1. The van der Waals surface area contributed by atoms with Gasteiger partial charge in [0.25, 0.3) is 10.9 Å². The number of methoxy groups -OCH3 is 1. The van der Waals surface area contributed by atoms with E-state index >= 15 is 0 Å². The molecule has 0 amide bonds. The van der Waals surface area contributed by atoms with E-state index in [0.717, 1.165) is 11.3 Å². The van der Waals surface area contributed by atoms with Gasteiger partial charge in [0.05, 0.1) is 18.7 Å². The highest BCUT2D eigenvalue weighted by Crippen LogP contribution is 2.21. The Balaban J connectivity index is 1.63. The van der Waals surface area contributed by atoms with Crippen LogP contribution in [0.4, 0.5) is 17.1 Å². The van der Waals surface area contributed by atoms with Crippen molar-refractivity contribution in [2.24, 2.45) is 0 Å². The molecule has 0 saturated heterocycles. The average molecular weight is 347 g/mol. The Labute approximate surface area is 150 Å². The standard InChI is InChI=1S/C20H17N3O3/c1-26-16-8-4-13(5-9-16)10-11-22-17-18(20(25)19(17)24)23-15-6-2-14(12-21)3-7-15/h2-9,22-23H,10-11H2,1H3. The van der Waals surface area contributed by atoms with Crippen molar-refractivity contribution in [1.82, 2.24) is 0 Å². The molecule has 0 aromatic heterocycles. The van der Waals surface area contributed by atoms with Gasteiger partial charge in [0.15, 0.2) is 0 Å². The van der Waals surface area contributed by atoms with E-state index in [-0.39, 0.29) is 5.69 Å². The van der Waals surface area contributed by atoms with E-state index in [1.165, 1.54) is 0 Å². The van der Waals surface area contributed by atoms with Gasteiger partial charge in [-0.1, -0.05) is 12.1 Å². The Kier molecular flexibility index (Phi) is 4.99. The molecule has 0 bridgehead atoms. The van der Waals surface area contributed by atoms with E-state index in [0.29, 0.717) is 29.9 Å². The van der Waals surface area contributed by atoms with Crippen LogP contribution >= 0.6 is 0 Å². The fourth-order valence-electron chi connectivity index (χ4n) is 2.58. The van der Waals surface area contributed by atoms with Gasteiger partial charge in [0.1, 0.15) is 17.1 Å². The smallest absolute Gasteiger partial charge is 0.253 e. The summed E-state index contributed by atoms with van der Waals surface area (Å²) in [4.78, 5) is 23.6. The van der Waals surface area contributed by atoms with Gasteiger partial charge in [-0.2, -0.15) is 5.26 Å². The van der Waals surface area contributed by atoms with Crippen molar-refractivity contribution in [3.05, 3.63) is 80.1 Å². The van der Waals surface area contributed by atoms with E-state index < -0.39 is 10.9 Å². The second-order valence-corrected chi connectivity index (χ2v) is 5.75. The highest BCUT2D eigenvalue weighted by Gasteiger charge is 2.20. The normalized spacial score (nSPS) is 10.3. The molecule has 0 heterocycles. The van der Waals surface area contributed by atoms with Crippen molar-refractivity contribution >= 4 is 17.1 Å². The average Bonchev–Trinajstić information content (AvgIpc) is 2.70. The van der Waals surface area contributed by atoms with Crippen LogP contribution in [-0.4, -0.2) is 13.7 Å². The number of hydrogen-bond acceptors (Lipinski definition) is 6. The summed E-state index contributed by atoms with van der Waals surface area (Å²) >= 11 is 0. The topological polar surface area (TPSA) is 91.2 Å². The molecule has 3 aromatic carbocycles. The van der Waals surface area contributed by atoms with Gasteiger partial charge < -0.3 is 15.4 Å². The molecule has 0 radical (unpaired) electrons. The molecule has 0 aliphatic rings. The zero-order valence-electron chi connectivity index (χ0n) is 14.2. The van der Waals surface area contributed by atoms with Crippen LogP contribution in [0.5, 0.6) is 5.75 Å². The maximum Gasteiger partial charge on any atom is 0.253 e. The molecule has 130 valence electrons. The monoisotopic (exact) mass is 347 g/mol. The van der Waals surface area contributed by atoms with Crippen LogP contribution < -0.4 is 26.2 Å². The fraction of sp³-hybridized carbons (Fsp3) is 0.150. The molecule has 0 aliphatic carbocycles. The molecule has 6 heteroatoms. The largest absolute Gasteiger partial charge is 0.497 e. The zero-order chi connectivity index (χ0) is 18.5. The molecule has 0 saturated carbocycles.